The zero-order valence-electron chi connectivity index (χ0n) is 12.6. The second-order valence-corrected chi connectivity index (χ2v) is 6.57. The first-order chi connectivity index (χ1) is 9.79. The average Bonchev–Trinajstić information content (AvgIpc) is 2.63. The quantitative estimate of drug-likeness (QED) is 0.881. The maximum Gasteiger partial charge on any atom is 0.317 e. The van der Waals surface area contributed by atoms with Crippen molar-refractivity contribution in [3.05, 3.63) is 26.6 Å². The van der Waals surface area contributed by atoms with Crippen molar-refractivity contribution < 1.29 is 9.90 Å². The van der Waals surface area contributed by atoms with E-state index in [0.29, 0.717) is 22.6 Å². The third-order valence-corrected chi connectivity index (χ3v) is 4.61. The van der Waals surface area contributed by atoms with Crippen LogP contribution >= 0.6 is 11.3 Å². The fraction of sp³-hybridized carbons (Fsp3) is 0.500. The predicted octanol–water partition coefficient (Wildman–Crippen LogP) is 1.90. The minimum absolute atomic E-state index is 0.0499. The Hall–Kier alpha value is -1.73. The molecule has 0 saturated carbocycles. The van der Waals surface area contributed by atoms with Gasteiger partial charge in [0.05, 0.1) is 18.5 Å². The SMILES string of the molecule is Cc1sc2nc(CN(CC(=O)O)C(C)C)[nH]c(=O)c2c1C. The molecule has 0 unspecified atom stereocenters. The number of hydrogen-bond acceptors (Lipinski definition) is 5. The highest BCUT2D eigenvalue weighted by Gasteiger charge is 2.17. The van der Waals surface area contributed by atoms with Crippen LogP contribution in [0.5, 0.6) is 0 Å². The van der Waals surface area contributed by atoms with Gasteiger partial charge in [-0.15, -0.1) is 11.3 Å². The van der Waals surface area contributed by atoms with Crippen LogP contribution in [0.4, 0.5) is 0 Å². The van der Waals surface area contributed by atoms with E-state index in [2.05, 4.69) is 9.97 Å². The highest BCUT2D eigenvalue weighted by molar-refractivity contribution is 7.18. The van der Waals surface area contributed by atoms with Gasteiger partial charge in [-0.2, -0.15) is 0 Å². The number of carboxylic acids is 1. The Morgan fingerprint density at radius 3 is 2.67 bits per heavy atom. The molecule has 0 aliphatic carbocycles. The van der Waals surface area contributed by atoms with Gasteiger partial charge in [-0.3, -0.25) is 14.5 Å². The van der Waals surface area contributed by atoms with E-state index in [9.17, 15) is 9.59 Å². The lowest BCUT2D eigenvalue weighted by Gasteiger charge is -2.23. The summed E-state index contributed by atoms with van der Waals surface area (Å²) < 4.78 is 0. The van der Waals surface area contributed by atoms with Crippen LogP contribution in [0, 0.1) is 13.8 Å². The zero-order chi connectivity index (χ0) is 15.7. The first kappa shape index (κ1) is 15.7. The number of carboxylic acid groups (broad SMARTS) is 1. The summed E-state index contributed by atoms with van der Waals surface area (Å²) in [4.78, 5) is 33.9. The Morgan fingerprint density at radius 1 is 1.43 bits per heavy atom. The molecule has 2 rings (SSSR count). The fourth-order valence-electron chi connectivity index (χ4n) is 2.16. The smallest absolute Gasteiger partial charge is 0.317 e. The lowest BCUT2D eigenvalue weighted by molar-refractivity contribution is -0.139. The summed E-state index contributed by atoms with van der Waals surface area (Å²) in [6.07, 6.45) is 0. The number of rotatable bonds is 5. The number of aromatic nitrogens is 2. The van der Waals surface area contributed by atoms with Crippen LogP contribution in [0.2, 0.25) is 0 Å². The van der Waals surface area contributed by atoms with Gasteiger partial charge in [-0.25, -0.2) is 4.98 Å². The first-order valence-corrected chi connectivity index (χ1v) is 7.56. The van der Waals surface area contributed by atoms with E-state index in [-0.39, 0.29) is 18.1 Å². The molecule has 2 N–H and O–H groups in total. The van der Waals surface area contributed by atoms with Crippen molar-refractivity contribution in [3.63, 3.8) is 0 Å². The predicted molar refractivity (Wildman–Crippen MR) is 82.9 cm³/mol. The first-order valence-electron chi connectivity index (χ1n) is 6.74. The topological polar surface area (TPSA) is 86.3 Å². The molecular formula is C14H19N3O3S. The third-order valence-electron chi connectivity index (χ3n) is 3.51. The van der Waals surface area contributed by atoms with E-state index >= 15 is 0 Å². The lowest BCUT2D eigenvalue weighted by atomic mass is 10.2. The molecule has 6 nitrogen and oxygen atoms in total. The summed E-state index contributed by atoms with van der Waals surface area (Å²) in [6.45, 7) is 7.94. The van der Waals surface area contributed by atoms with Crippen molar-refractivity contribution in [2.24, 2.45) is 0 Å². The molecule has 2 aromatic rings. The Morgan fingerprint density at radius 2 is 2.10 bits per heavy atom. The van der Waals surface area contributed by atoms with Crippen LogP contribution in [0.3, 0.4) is 0 Å². The van der Waals surface area contributed by atoms with Gasteiger partial charge in [0.1, 0.15) is 10.7 Å². The zero-order valence-corrected chi connectivity index (χ0v) is 13.4. The number of aromatic amines is 1. The van der Waals surface area contributed by atoms with Crippen LogP contribution in [0.1, 0.15) is 30.1 Å². The Balaban J connectivity index is 2.38. The second-order valence-electron chi connectivity index (χ2n) is 5.37. The molecule has 0 aliphatic rings. The van der Waals surface area contributed by atoms with E-state index in [1.807, 2.05) is 27.7 Å². The number of thiophene rings is 1. The van der Waals surface area contributed by atoms with Gasteiger partial charge >= 0.3 is 5.97 Å². The molecular weight excluding hydrogens is 290 g/mol. The molecule has 0 atom stereocenters. The molecule has 2 aromatic heterocycles. The molecule has 0 aliphatic heterocycles. The molecule has 0 fully saturated rings. The Labute approximate surface area is 126 Å². The van der Waals surface area contributed by atoms with Gasteiger partial charge < -0.3 is 10.1 Å². The van der Waals surface area contributed by atoms with E-state index in [1.54, 1.807) is 4.90 Å². The number of nitrogens with zero attached hydrogens (tertiary/aromatic N) is 2. The summed E-state index contributed by atoms with van der Waals surface area (Å²) in [6, 6.07) is 0.0499. The highest BCUT2D eigenvalue weighted by atomic mass is 32.1. The van der Waals surface area contributed by atoms with E-state index in [0.717, 1.165) is 10.4 Å². The molecule has 0 saturated heterocycles. The maximum absolute atomic E-state index is 12.2. The molecule has 114 valence electrons. The van der Waals surface area contributed by atoms with Crippen LogP contribution in [-0.4, -0.2) is 38.5 Å². The molecule has 2 heterocycles. The Bertz CT molecular complexity index is 733. The number of hydrogen-bond donors (Lipinski definition) is 2. The minimum atomic E-state index is -0.894. The van der Waals surface area contributed by atoms with Gasteiger partial charge in [0.2, 0.25) is 0 Å². The monoisotopic (exact) mass is 309 g/mol. The van der Waals surface area contributed by atoms with Crippen LogP contribution in [-0.2, 0) is 11.3 Å². The van der Waals surface area contributed by atoms with Crippen LogP contribution in [0.15, 0.2) is 4.79 Å². The van der Waals surface area contributed by atoms with Gasteiger partial charge in [0, 0.05) is 10.9 Å². The van der Waals surface area contributed by atoms with Crippen molar-refractivity contribution in [1.29, 1.82) is 0 Å². The van der Waals surface area contributed by atoms with Crippen molar-refractivity contribution in [2.75, 3.05) is 6.54 Å². The van der Waals surface area contributed by atoms with Gasteiger partial charge in [0.25, 0.3) is 5.56 Å². The van der Waals surface area contributed by atoms with Crippen LogP contribution in [0.25, 0.3) is 10.2 Å². The van der Waals surface area contributed by atoms with E-state index in [4.69, 9.17) is 5.11 Å². The lowest BCUT2D eigenvalue weighted by Crippen LogP contribution is -2.36. The van der Waals surface area contributed by atoms with Crippen molar-refractivity contribution in [1.82, 2.24) is 14.9 Å². The molecule has 0 spiro atoms. The van der Waals surface area contributed by atoms with Crippen molar-refractivity contribution in [2.45, 2.75) is 40.3 Å². The Kier molecular flexibility index (Phi) is 4.43. The molecule has 0 radical (unpaired) electrons. The second kappa shape index (κ2) is 5.95. The van der Waals surface area contributed by atoms with Gasteiger partial charge in [0.15, 0.2) is 0 Å². The van der Waals surface area contributed by atoms with Gasteiger partial charge in [-0.05, 0) is 33.3 Å². The van der Waals surface area contributed by atoms with E-state index < -0.39 is 5.97 Å². The summed E-state index contributed by atoms with van der Waals surface area (Å²) in [5.41, 5.74) is 0.803. The van der Waals surface area contributed by atoms with Gasteiger partial charge in [-0.1, -0.05) is 0 Å². The summed E-state index contributed by atoms with van der Waals surface area (Å²) >= 11 is 1.49. The largest absolute Gasteiger partial charge is 0.480 e. The summed E-state index contributed by atoms with van der Waals surface area (Å²) in [7, 11) is 0. The van der Waals surface area contributed by atoms with Crippen LogP contribution < -0.4 is 5.56 Å². The number of aliphatic carboxylic acids is 1. The minimum Gasteiger partial charge on any atom is -0.480 e. The number of aryl methyl sites for hydroxylation is 2. The molecule has 7 heteroatoms. The molecule has 21 heavy (non-hydrogen) atoms. The highest BCUT2D eigenvalue weighted by Crippen LogP contribution is 2.25. The summed E-state index contributed by atoms with van der Waals surface area (Å²) in [5, 5.41) is 9.58. The van der Waals surface area contributed by atoms with Crippen molar-refractivity contribution >= 4 is 27.5 Å². The number of fused-ring (bicyclic) bond motifs is 1. The fourth-order valence-corrected chi connectivity index (χ4v) is 3.21. The molecule has 0 bridgehead atoms. The third kappa shape index (κ3) is 3.30. The number of H-pyrrole nitrogens is 1. The standard InChI is InChI=1S/C14H19N3O3S/c1-7(2)17(6-11(18)19)5-10-15-13(20)12-8(3)9(4)21-14(12)16-10/h7H,5-6H2,1-4H3,(H,18,19)(H,15,16,20). The average molecular weight is 309 g/mol. The maximum atomic E-state index is 12.2. The number of carbonyl (C=O) groups is 1. The normalized spacial score (nSPS) is 11.7. The van der Waals surface area contributed by atoms with E-state index in [1.165, 1.54) is 11.3 Å². The van der Waals surface area contributed by atoms with Crippen molar-refractivity contribution in [3.8, 4) is 0 Å². The molecule has 0 aromatic carbocycles. The number of nitrogens with one attached hydrogen (secondary N) is 1. The molecule has 0 amide bonds. The summed E-state index contributed by atoms with van der Waals surface area (Å²) in [5.74, 6) is -0.390.